The Labute approximate surface area is 147 Å². The maximum absolute atomic E-state index is 12.4. The summed E-state index contributed by atoms with van der Waals surface area (Å²) in [6, 6.07) is 11.1. The van der Waals surface area contributed by atoms with Crippen LogP contribution in [0.4, 0.5) is 11.4 Å². The van der Waals surface area contributed by atoms with Gasteiger partial charge in [-0.3, -0.25) is 9.59 Å². The van der Waals surface area contributed by atoms with Crippen molar-refractivity contribution in [2.24, 2.45) is 0 Å². The average molecular weight is 345 g/mol. The molecule has 2 aromatic carbocycles. The molecule has 0 radical (unpaired) electrons. The quantitative estimate of drug-likeness (QED) is 0.901. The molecule has 0 heterocycles. The van der Waals surface area contributed by atoms with Gasteiger partial charge in [0.25, 0.3) is 0 Å². The van der Waals surface area contributed by atoms with Crippen LogP contribution in [-0.4, -0.2) is 18.4 Å². The fourth-order valence-corrected chi connectivity index (χ4v) is 2.82. The van der Waals surface area contributed by atoms with Crippen LogP contribution < -0.4 is 10.2 Å². The first-order valence-electron chi connectivity index (χ1n) is 7.68. The van der Waals surface area contributed by atoms with Gasteiger partial charge in [-0.15, -0.1) is 0 Å². The Morgan fingerprint density at radius 3 is 2.21 bits per heavy atom. The molecule has 4 nitrogen and oxygen atoms in total. The third-order valence-electron chi connectivity index (χ3n) is 3.66. The Kier molecular flexibility index (Phi) is 5.62. The first-order chi connectivity index (χ1) is 11.3. The smallest absolute Gasteiger partial charge is 0.244 e. The molecule has 0 bridgehead atoms. The Bertz CT molecular complexity index is 767. The number of rotatable bonds is 4. The van der Waals surface area contributed by atoms with Gasteiger partial charge in [0.1, 0.15) is 6.54 Å². The van der Waals surface area contributed by atoms with Crippen molar-refractivity contribution < 1.29 is 9.59 Å². The normalized spacial score (nSPS) is 10.4. The average Bonchev–Trinajstić information content (AvgIpc) is 2.46. The number of anilines is 2. The molecule has 0 aliphatic rings. The topological polar surface area (TPSA) is 49.4 Å². The zero-order valence-electron chi connectivity index (χ0n) is 14.3. The molecule has 24 heavy (non-hydrogen) atoms. The number of benzene rings is 2. The molecule has 0 saturated heterocycles. The van der Waals surface area contributed by atoms with Gasteiger partial charge < -0.3 is 10.2 Å². The van der Waals surface area contributed by atoms with Crippen molar-refractivity contribution in [1.82, 2.24) is 0 Å². The van der Waals surface area contributed by atoms with Crippen LogP contribution in [0.15, 0.2) is 36.4 Å². The highest BCUT2D eigenvalue weighted by Gasteiger charge is 2.17. The summed E-state index contributed by atoms with van der Waals surface area (Å²) in [5, 5.41) is 3.45. The van der Waals surface area contributed by atoms with Crippen LogP contribution in [0.1, 0.15) is 23.6 Å². The highest BCUT2D eigenvalue weighted by atomic mass is 35.5. The molecule has 2 amide bonds. The minimum atomic E-state index is -0.255. The molecular weight excluding hydrogens is 324 g/mol. The molecule has 0 unspecified atom stereocenters. The molecular formula is C19H21ClN2O2. The summed E-state index contributed by atoms with van der Waals surface area (Å²) in [5.41, 5.74) is 4.38. The number of carbonyl (C=O) groups is 2. The van der Waals surface area contributed by atoms with Gasteiger partial charge in [-0.25, -0.2) is 0 Å². The van der Waals surface area contributed by atoms with Crippen LogP contribution in [-0.2, 0) is 9.59 Å². The number of nitrogens with zero attached hydrogens (tertiary/aromatic N) is 1. The van der Waals surface area contributed by atoms with Crippen molar-refractivity contribution in [2.75, 3.05) is 16.8 Å². The molecule has 0 aliphatic carbocycles. The van der Waals surface area contributed by atoms with Crippen molar-refractivity contribution in [1.29, 1.82) is 0 Å². The Morgan fingerprint density at radius 1 is 1.04 bits per heavy atom. The van der Waals surface area contributed by atoms with E-state index in [0.29, 0.717) is 10.7 Å². The van der Waals surface area contributed by atoms with E-state index in [4.69, 9.17) is 11.6 Å². The summed E-state index contributed by atoms with van der Waals surface area (Å²) in [7, 11) is 0. The van der Waals surface area contributed by atoms with E-state index < -0.39 is 0 Å². The highest BCUT2D eigenvalue weighted by molar-refractivity contribution is 6.30. The van der Waals surface area contributed by atoms with Crippen molar-refractivity contribution in [3.05, 3.63) is 58.1 Å². The van der Waals surface area contributed by atoms with Crippen molar-refractivity contribution in [2.45, 2.75) is 27.7 Å². The molecule has 0 aliphatic heterocycles. The molecule has 2 aromatic rings. The van der Waals surface area contributed by atoms with Gasteiger partial charge in [-0.2, -0.15) is 0 Å². The fraction of sp³-hybridized carbons (Fsp3) is 0.263. The van der Waals surface area contributed by atoms with Gasteiger partial charge in [0.05, 0.1) is 0 Å². The second kappa shape index (κ2) is 7.49. The van der Waals surface area contributed by atoms with Crippen LogP contribution in [0.3, 0.4) is 0 Å². The summed E-state index contributed by atoms with van der Waals surface area (Å²) >= 11 is 5.92. The third-order valence-corrected chi connectivity index (χ3v) is 3.90. The lowest BCUT2D eigenvalue weighted by Gasteiger charge is -2.22. The first kappa shape index (κ1) is 18.0. The van der Waals surface area contributed by atoms with Crippen LogP contribution in [0, 0.1) is 20.8 Å². The van der Waals surface area contributed by atoms with E-state index in [2.05, 4.69) is 5.32 Å². The number of carbonyl (C=O) groups excluding carboxylic acids is 2. The largest absolute Gasteiger partial charge is 0.324 e. The molecule has 5 heteroatoms. The van der Waals surface area contributed by atoms with Gasteiger partial charge in [0, 0.05) is 23.3 Å². The molecule has 2 rings (SSSR count). The number of hydrogen-bond donors (Lipinski definition) is 1. The van der Waals surface area contributed by atoms with E-state index in [1.54, 1.807) is 18.2 Å². The highest BCUT2D eigenvalue weighted by Crippen LogP contribution is 2.21. The number of hydrogen-bond acceptors (Lipinski definition) is 2. The van der Waals surface area contributed by atoms with E-state index in [1.807, 2.05) is 39.0 Å². The summed E-state index contributed by atoms with van der Waals surface area (Å²) in [6.07, 6.45) is 0. The summed E-state index contributed by atoms with van der Waals surface area (Å²) in [4.78, 5) is 25.8. The van der Waals surface area contributed by atoms with Crippen LogP contribution in [0.2, 0.25) is 5.02 Å². The molecule has 0 saturated carbocycles. The summed E-state index contributed by atoms with van der Waals surface area (Å²) < 4.78 is 0. The summed E-state index contributed by atoms with van der Waals surface area (Å²) in [6.45, 7) is 7.21. The molecule has 0 aromatic heterocycles. The molecule has 0 atom stereocenters. The molecule has 0 spiro atoms. The van der Waals surface area contributed by atoms with Gasteiger partial charge in [-0.1, -0.05) is 17.7 Å². The molecule has 126 valence electrons. The van der Waals surface area contributed by atoms with Crippen molar-refractivity contribution in [3.8, 4) is 0 Å². The van der Waals surface area contributed by atoms with Gasteiger partial charge in [0.2, 0.25) is 11.8 Å². The number of amides is 2. The van der Waals surface area contributed by atoms with E-state index in [9.17, 15) is 9.59 Å². The SMILES string of the molecule is CC(=O)N(CC(=O)Nc1ccc(Cl)cc1C)c1cc(C)cc(C)c1. The van der Waals surface area contributed by atoms with Crippen LogP contribution in [0.25, 0.3) is 0 Å². The lowest BCUT2D eigenvalue weighted by Crippen LogP contribution is -2.36. The Hall–Kier alpha value is -2.33. The fourth-order valence-electron chi connectivity index (χ4n) is 2.59. The lowest BCUT2D eigenvalue weighted by molar-refractivity contribution is -0.120. The third kappa shape index (κ3) is 4.59. The minimum absolute atomic E-state index is 0.0414. The number of nitrogens with one attached hydrogen (secondary N) is 1. The second-order valence-corrected chi connectivity index (χ2v) is 6.39. The van der Waals surface area contributed by atoms with E-state index in [0.717, 1.165) is 22.4 Å². The predicted molar refractivity (Wildman–Crippen MR) is 98.8 cm³/mol. The standard InChI is InChI=1S/C19H21ClN2O2/c1-12-7-13(2)9-17(8-12)22(15(4)23)11-19(24)21-18-6-5-16(20)10-14(18)3/h5-10H,11H2,1-4H3,(H,21,24). The predicted octanol–water partition coefficient (Wildman–Crippen LogP) is 4.26. The minimum Gasteiger partial charge on any atom is -0.324 e. The number of aryl methyl sites for hydroxylation is 3. The van der Waals surface area contributed by atoms with Gasteiger partial charge in [-0.05, 0) is 67.8 Å². The maximum Gasteiger partial charge on any atom is 0.244 e. The summed E-state index contributed by atoms with van der Waals surface area (Å²) in [5.74, 6) is -0.433. The van der Waals surface area contributed by atoms with Crippen LogP contribution >= 0.6 is 11.6 Å². The lowest BCUT2D eigenvalue weighted by atomic mass is 10.1. The van der Waals surface area contributed by atoms with Gasteiger partial charge >= 0.3 is 0 Å². The van der Waals surface area contributed by atoms with E-state index in [-0.39, 0.29) is 18.4 Å². The second-order valence-electron chi connectivity index (χ2n) is 5.96. The number of halogens is 1. The molecule has 0 fully saturated rings. The zero-order valence-corrected chi connectivity index (χ0v) is 15.1. The zero-order chi connectivity index (χ0) is 17.9. The Morgan fingerprint density at radius 2 is 1.67 bits per heavy atom. The van der Waals surface area contributed by atoms with E-state index in [1.165, 1.54) is 11.8 Å². The van der Waals surface area contributed by atoms with Crippen molar-refractivity contribution in [3.63, 3.8) is 0 Å². The monoisotopic (exact) mass is 344 g/mol. The van der Waals surface area contributed by atoms with E-state index >= 15 is 0 Å². The first-order valence-corrected chi connectivity index (χ1v) is 8.06. The maximum atomic E-state index is 12.4. The molecule has 1 N–H and O–H groups in total. The van der Waals surface area contributed by atoms with Gasteiger partial charge in [0.15, 0.2) is 0 Å². The Balaban J connectivity index is 2.18. The van der Waals surface area contributed by atoms with Crippen molar-refractivity contribution >= 4 is 34.8 Å². The van der Waals surface area contributed by atoms with Crippen LogP contribution in [0.5, 0.6) is 0 Å².